The molecular weight excluding hydrogens is 425 g/mol. The third-order valence-electron chi connectivity index (χ3n) is 2.00. The molecule has 0 amide bonds. The lowest BCUT2D eigenvalue weighted by molar-refractivity contribution is -0.276. The minimum Gasteiger partial charge on any atom is -0.400 e. The molecule has 8 nitrogen and oxygen atoms in total. The summed E-state index contributed by atoms with van der Waals surface area (Å²) in [6.07, 6.45) is -4.78. The van der Waals surface area contributed by atoms with Gasteiger partial charge in [0.2, 0.25) is 11.8 Å². The first-order valence-electron chi connectivity index (χ1n) is 5.59. The average molecular weight is 436 g/mol. The standard InChI is InChI=1S/C5H6ClF2N3O.C4H3ClF3N3O.ClH/c1-11-3(9)2-4(10-11)12-5(6,7)8;5-11-2(9)1-3(10-11)12-4(6,7)8;/h2H,9H2,1H3;1H,9H2;1H. The number of aromatic nitrogens is 4. The largest absolute Gasteiger partial charge is 0.574 e. The van der Waals surface area contributed by atoms with Crippen molar-refractivity contribution in [3.63, 3.8) is 0 Å². The van der Waals surface area contributed by atoms with Gasteiger partial charge in [0, 0.05) is 42.6 Å². The Balaban J connectivity index is 0.000000443. The summed E-state index contributed by atoms with van der Waals surface area (Å²) in [4.78, 5) is 0. The van der Waals surface area contributed by atoms with Crippen LogP contribution in [-0.4, -0.2) is 31.0 Å². The van der Waals surface area contributed by atoms with Gasteiger partial charge in [-0.15, -0.1) is 44.6 Å². The lowest BCUT2D eigenvalue weighted by Crippen LogP contribution is -2.17. The van der Waals surface area contributed by atoms with E-state index in [1.165, 1.54) is 11.7 Å². The molecule has 0 aromatic carbocycles. The third kappa shape index (κ3) is 8.69. The molecule has 25 heavy (non-hydrogen) atoms. The molecule has 2 heterocycles. The molecule has 0 spiro atoms. The summed E-state index contributed by atoms with van der Waals surface area (Å²) >= 11 is 9.68. The summed E-state index contributed by atoms with van der Waals surface area (Å²) < 4.78 is 67.7. The van der Waals surface area contributed by atoms with Crippen LogP contribution in [0.5, 0.6) is 11.8 Å². The normalized spacial score (nSPS) is 11.2. The van der Waals surface area contributed by atoms with Crippen molar-refractivity contribution in [1.82, 2.24) is 19.1 Å². The number of rotatable bonds is 3. The van der Waals surface area contributed by atoms with Crippen molar-refractivity contribution >= 4 is 47.4 Å². The Morgan fingerprint density at radius 2 is 1.48 bits per heavy atom. The second kappa shape index (κ2) is 8.49. The van der Waals surface area contributed by atoms with Gasteiger partial charge in [-0.3, -0.25) is 0 Å². The van der Waals surface area contributed by atoms with E-state index in [9.17, 15) is 22.0 Å². The first-order valence-corrected chi connectivity index (χ1v) is 6.31. The molecule has 0 atom stereocenters. The molecule has 0 saturated heterocycles. The molecular formula is C9H10Cl3F5N6O2. The van der Waals surface area contributed by atoms with Crippen LogP contribution in [0.25, 0.3) is 0 Å². The Morgan fingerprint density at radius 3 is 1.80 bits per heavy atom. The fourth-order valence-corrected chi connectivity index (χ4v) is 1.35. The van der Waals surface area contributed by atoms with Crippen LogP contribution in [0.15, 0.2) is 12.1 Å². The van der Waals surface area contributed by atoms with Crippen LogP contribution in [0.3, 0.4) is 0 Å². The molecule has 16 heteroatoms. The Hall–Kier alpha value is -1.86. The Kier molecular flexibility index (Phi) is 7.86. The second-order valence-electron chi connectivity index (χ2n) is 3.89. The van der Waals surface area contributed by atoms with Crippen molar-refractivity contribution in [2.24, 2.45) is 7.05 Å². The molecule has 0 radical (unpaired) electrons. The number of ether oxygens (including phenoxy) is 2. The number of halogens is 8. The van der Waals surface area contributed by atoms with Crippen LogP contribution in [0.4, 0.5) is 33.6 Å². The van der Waals surface area contributed by atoms with E-state index in [-0.39, 0.29) is 29.9 Å². The zero-order chi connectivity index (χ0) is 18.7. The third-order valence-corrected chi connectivity index (χ3v) is 2.35. The minimum atomic E-state index is -4.78. The quantitative estimate of drug-likeness (QED) is 0.567. The maximum Gasteiger partial charge on any atom is 0.574 e. The van der Waals surface area contributed by atoms with Crippen LogP contribution < -0.4 is 20.9 Å². The van der Waals surface area contributed by atoms with E-state index in [1.807, 2.05) is 0 Å². The van der Waals surface area contributed by atoms with E-state index in [4.69, 9.17) is 23.2 Å². The smallest absolute Gasteiger partial charge is 0.400 e. The van der Waals surface area contributed by atoms with E-state index in [1.54, 1.807) is 0 Å². The highest BCUT2D eigenvalue weighted by Crippen LogP contribution is 2.25. The van der Waals surface area contributed by atoms with Gasteiger partial charge in [0.05, 0.1) is 0 Å². The van der Waals surface area contributed by atoms with Crippen molar-refractivity contribution < 1.29 is 31.4 Å². The van der Waals surface area contributed by atoms with Crippen molar-refractivity contribution in [2.75, 3.05) is 11.5 Å². The number of nitrogen functional groups attached to an aromatic ring is 2. The van der Waals surface area contributed by atoms with Crippen LogP contribution in [-0.2, 0) is 7.05 Å². The van der Waals surface area contributed by atoms with Crippen LogP contribution >= 0.6 is 35.8 Å². The first-order chi connectivity index (χ1) is 10.8. The molecule has 2 rings (SSSR count). The topological polar surface area (TPSA) is 106 Å². The molecule has 0 saturated carbocycles. The number of aryl methyl sites for hydroxylation is 1. The fourth-order valence-electron chi connectivity index (χ4n) is 1.14. The molecule has 2 aromatic rings. The summed E-state index contributed by atoms with van der Waals surface area (Å²) in [5.41, 5.74) is 6.62. The van der Waals surface area contributed by atoms with E-state index >= 15 is 0 Å². The van der Waals surface area contributed by atoms with E-state index < -0.39 is 17.8 Å². The SMILES string of the molecule is Cl.Cn1nc(OC(F)(F)Cl)cc1N.Nc1cc(OC(F)(F)F)nn1Cl. The van der Waals surface area contributed by atoms with E-state index in [2.05, 4.69) is 31.3 Å². The average Bonchev–Trinajstić information content (AvgIpc) is 2.79. The predicted molar refractivity (Wildman–Crippen MR) is 80.9 cm³/mol. The molecule has 0 fully saturated rings. The molecule has 144 valence electrons. The maximum absolute atomic E-state index is 12.0. The highest BCUT2D eigenvalue weighted by molar-refractivity contribution is 6.20. The van der Waals surface area contributed by atoms with Crippen molar-refractivity contribution in [3.8, 4) is 11.8 Å². The fraction of sp³-hybridized carbons (Fsp3) is 0.333. The highest BCUT2D eigenvalue weighted by Gasteiger charge is 2.32. The summed E-state index contributed by atoms with van der Waals surface area (Å²) in [7, 11) is 1.49. The molecule has 2 aromatic heterocycles. The van der Waals surface area contributed by atoms with Crippen molar-refractivity contribution in [1.29, 1.82) is 0 Å². The summed E-state index contributed by atoms with van der Waals surface area (Å²) in [6, 6.07) is 2.01. The Labute approximate surface area is 152 Å². The number of anilines is 2. The monoisotopic (exact) mass is 434 g/mol. The van der Waals surface area contributed by atoms with Crippen LogP contribution in [0, 0.1) is 0 Å². The minimum absolute atomic E-state index is 0. The molecule has 0 aliphatic carbocycles. The van der Waals surface area contributed by atoms with Gasteiger partial charge in [0.1, 0.15) is 11.6 Å². The molecule has 4 N–H and O–H groups in total. The second-order valence-corrected chi connectivity index (χ2v) is 4.65. The first kappa shape index (κ1) is 23.1. The number of alkyl halides is 6. The number of nitrogens with zero attached hydrogens (tertiary/aromatic N) is 4. The van der Waals surface area contributed by atoms with E-state index in [0.29, 0.717) is 4.20 Å². The summed E-state index contributed by atoms with van der Waals surface area (Å²) in [5.74, 6) is -0.910. The number of hydrogen-bond donors (Lipinski definition) is 2. The van der Waals surface area contributed by atoms with E-state index in [0.717, 1.165) is 12.1 Å². The predicted octanol–water partition coefficient (Wildman–Crippen LogP) is 2.96. The zero-order valence-corrected chi connectivity index (χ0v) is 14.3. The molecule has 0 aliphatic rings. The van der Waals surface area contributed by atoms with Gasteiger partial charge < -0.3 is 20.9 Å². The maximum atomic E-state index is 12.0. The van der Waals surface area contributed by atoms with Crippen molar-refractivity contribution in [3.05, 3.63) is 12.1 Å². The molecule has 0 bridgehead atoms. The lowest BCUT2D eigenvalue weighted by atomic mass is 10.6. The summed E-state index contributed by atoms with van der Waals surface area (Å²) in [5, 5.41) is 6.61. The summed E-state index contributed by atoms with van der Waals surface area (Å²) in [6.45, 7) is 0. The zero-order valence-electron chi connectivity index (χ0n) is 12.0. The lowest BCUT2D eigenvalue weighted by Gasteiger charge is -2.05. The number of nitrogens with two attached hydrogens (primary N) is 2. The van der Waals surface area contributed by atoms with Gasteiger partial charge in [-0.05, 0) is 0 Å². The molecule has 0 unspecified atom stereocenters. The van der Waals surface area contributed by atoms with Gasteiger partial charge in [0.25, 0.3) is 0 Å². The van der Waals surface area contributed by atoms with Gasteiger partial charge in [0.15, 0.2) is 0 Å². The van der Waals surface area contributed by atoms with Crippen LogP contribution in [0.2, 0.25) is 0 Å². The van der Waals surface area contributed by atoms with Gasteiger partial charge in [-0.2, -0.15) is 4.20 Å². The van der Waals surface area contributed by atoms with Gasteiger partial charge >= 0.3 is 11.9 Å². The van der Waals surface area contributed by atoms with Gasteiger partial charge in [-0.25, -0.2) is 4.68 Å². The molecule has 0 aliphatic heterocycles. The number of hydrogen-bond acceptors (Lipinski definition) is 6. The van der Waals surface area contributed by atoms with Crippen molar-refractivity contribution in [2.45, 2.75) is 11.9 Å². The highest BCUT2D eigenvalue weighted by atomic mass is 35.5. The van der Waals surface area contributed by atoms with Crippen LogP contribution in [0.1, 0.15) is 0 Å². The van der Waals surface area contributed by atoms with Gasteiger partial charge in [-0.1, -0.05) is 0 Å². The Morgan fingerprint density at radius 1 is 1.00 bits per heavy atom. The Bertz CT molecular complexity index is 589.